The minimum absolute atomic E-state index is 1.12. The van der Waals surface area contributed by atoms with Gasteiger partial charge in [0.1, 0.15) is 0 Å². The van der Waals surface area contributed by atoms with Crippen LogP contribution in [-0.4, -0.2) is 4.98 Å². The first-order chi connectivity index (χ1) is 21.2. The summed E-state index contributed by atoms with van der Waals surface area (Å²) in [5, 5.41) is 7.59. The molecule has 0 aliphatic carbocycles. The molecule has 0 saturated heterocycles. The minimum atomic E-state index is 1.12. The molecule has 1 aromatic heterocycles. The Kier molecular flexibility index (Phi) is 6.09. The summed E-state index contributed by atoms with van der Waals surface area (Å²) in [5.74, 6) is 0. The van der Waals surface area contributed by atoms with Gasteiger partial charge in [0, 0.05) is 18.0 Å². The van der Waals surface area contributed by atoms with Gasteiger partial charge in [0.05, 0.1) is 0 Å². The number of benzene rings is 7. The van der Waals surface area contributed by atoms with Crippen LogP contribution in [0.1, 0.15) is 5.56 Å². The Hall–Kier alpha value is -5.53. The quantitative estimate of drug-likeness (QED) is 0.200. The average molecular weight is 548 g/mol. The van der Waals surface area contributed by atoms with Gasteiger partial charge in [0.2, 0.25) is 0 Å². The van der Waals surface area contributed by atoms with Crippen LogP contribution < -0.4 is 0 Å². The molecule has 0 radical (unpaired) electrons. The van der Waals surface area contributed by atoms with E-state index in [1.807, 2.05) is 18.5 Å². The standard InChI is InChI=1S/C42H29N/c1-28-19-20-34(26-40(28)32-13-8-12-31(24-32)35-14-9-23-43-27-35)42-38-17-6-4-15-36(38)41(37-16-5-7-18-39(37)42)33-22-21-29-10-2-3-11-30(29)25-33/h2-27H,1H3. The summed E-state index contributed by atoms with van der Waals surface area (Å²) in [6.07, 6.45) is 3.75. The topological polar surface area (TPSA) is 12.9 Å². The first kappa shape index (κ1) is 25.2. The van der Waals surface area contributed by atoms with Crippen molar-refractivity contribution < 1.29 is 0 Å². The fourth-order valence-electron chi connectivity index (χ4n) is 6.58. The van der Waals surface area contributed by atoms with Crippen LogP contribution in [0, 0.1) is 6.92 Å². The number of nitrogens with zero attached hydrogens (tertiary/aromatic N) is 1. The molecule has 0 bridgehead atoms. The molecule has 8 aromatic rings. The second-order valence-corrected chi connectivity index (χ2v) is 11.3. The van der Waals surface area contributed by atoms with Gasteiger partial charge < -0.3 is 0 Å². The maximum absolute atomic E-state index is 4.34. The summed E-state index contributed by atoms with van der Waals surface area (Å²) < 4.78 is 0. The number of aryl methyl sites for hydroxylation is 1. The zero-order valence-corrected chi connectivity index (χ0v) is 24.0. The third-order valence-electron chi connectivity index (χ3n) is 8.66. The molecule has 7 aromatic carbocycles. The Morgan fingerprint density at radius 1 is 0.395 bits per heavy atom. The molecule has 0 fully saturated rings. The number of rotatable bonds is 4. The van der Waals surface area contributed by atoms with E-state index in [1.54, 1.807) is 0 Å². The van der Waals surface area contributed by atoms with Gasteiger partial charge >= 0.3 is 0 Å². The van der Waals surface area contributed by atoms with E-state index in [0.29, 0.717) is 0 Å². The van der Waals surface area contributed by atoms with Gasteiger partial charge in [0.25, 0.3) is 0 Å². The molecule has 0 N–H and O–H groups in total. The van der Waals surface area contributed by atoms with Crippen molar-refractivity contribution in [1.82, 2.24) is 4.98 Å². The molecule has 8 rings (SSSR count). The summed E-state index contributed by atoms with van der Waals surface area (Å²) in [7, 11) is 0. The molecule has 0 spiro atoms. The molecular weight excluding hydrogens is 518 g/mol. The fraction of sp³-hybridized carbons (Fsp3) is 0.0238. The smallest absolute Gasteiger partial charge is 0.0346 e. The van der Waals surface area contributed by atoms with Gasteiger partial charge in [-0.2, -0.15) is 0 Å². The lowest BCUT2D eigenvalue weighted by Gasteiger charge is -2.19. The van der Waals surface area contributed by atoms with E-state index in [1.165, 1.54) is 76.8 Å². The number of aromatic nitrogens is 1. The first-order valence-corrected chi connectivity index (χ1v) is 14.8. The normalized spacial score (nSPS) is 11.4. The van der Waals surface area contributed by atoms with Crippen molar-refractivity contribution in [3.8, 4) is 44.5 Å². The molecule has 0 atom stereocenters. The fourth-order valence-corrected chi connectivity index (χ4v) is 6.58. The van der Waals surface area contributed by atoms with Crippen molar-refractivity contribution in [1.29, 1.82) is 0 Å². The van der Waals surface area contributed by atoms with Crippen LogP contribution in [0.4, 0.5) is 0 Å². The number of pyridine rings is 1. The van der Waals surface area contributed by atoms with Gasteiger partial charge in [-0.25, -0.2) is 0 Å². The molecule has 1 heteroatoms. The Labute approximate surface area is 251 Å². The molecular formula is C42H29N. The third-order valence-corrected chi connectivity index (χ3v) is 8.66. The molecule has 1 heterocycles. The van der Waals surface area contributed by atoms with Crippen molar-refractivity contribution in [2.75, 3.05) is 0 Å². The highest BCUT2D eigenvalue weighted by Gasteiger charge is 2.17. The summed E-state index contributed by atoms with van der Waals surface area (Å²) in [5.41, 5.74) is 11.0. The monoisotopic (exact) mass is 547 g/mol. The second-order valence-electron chi connectivity index (χ2n) is 11.3. The molecule has 0 aliphatic heterocycles. The largest absolute Gasteiger partial charge is 0.264 e. The Bertz CT molecular complexity index is 2240. The summed E-state index contributed by atoms with van der Waals surface area (Å²) in [6.45, 7) is 2.20. The van der Waals surface area contributed by atoms with E-state index in [2.05, 4.69) is 151 Å². The van der Waals surface area contributed by atoms with Crippen LogP contribution in [0.15, 0.2) is 158 Å². The molecule has 202 valence electrons. The Balaban J connectivity index is 1.37. The second kappa shape index (κ2) is 10.4. The Morgan fingerprint density at radius 3 is 1.65 bits per heavy atom. The van der Waals surface area contributed by atoms with E-state index >= 15 is 0 Å². The third kappa shape index (κ3) is 4.38. The summed E-state index contributed by atoms with van der Waals surface area (Å²) in [4.78, 5) is 4.34. The van der Waals surface area contributed by atoms with Crippen molar-refractivity contribution in [2.45, 2.75) is 6.92 Å². The molecule has 0 amide bonds. The number of fused-ring (bicyclic) bond motifs is 3. The highest BCUT2D eigenvalue weighted by molar-refractivity contribution is 6.21. The van der Waals surface area contributed by atoms with Gasteiger partial charge in [-0.3, -0.25) is 4.98 Å². The van der Waals surface area contributed by atoms with Crippen LogP contribution in [-0.2, 0) is 0 Å². The maximum atomic E-state index is 4.34. The van der Waals surface area contributed by atoms with Crippen LogP contribution in [0.25, 0.3) is 76.8 Å². The highest BCUT2D eigenvalue weighted by atomic mass is 14.6. The molecule has 43 heavy (non-hydrogen) atoms. The zero-order valence-electron chi connectivity index (χ0n) is 24.0. The lowest BCUT2D eigenvalue weighted by molar-refractivity contribution is 1.33. The minimum Gasteiger partial charge on any atom is -0.264 e. The van der Waals surface area contributed by atoms with E-state index in [9.17, 15) is 0 Å². The Morgan fingerprint density at radius 2 is 0.977 bits per heavy atom. The van der Waals surface area contributed by atoms with Gasteiger partial charge in [-0.1, -0.05) is 121 Å². The highest BCUT2D eigenvalue weighted by Crippen LogP contribution is 2.45. The summed E-state index contributed by atoms with van der Waals surface area (Å²) in [6, 6.07) is 53.1. The van der Waals surface area contributed by atoms with Crippen molar-refractivity contribution in [2.24, 2.45) is 0 Å². The molecule has 0 unspecified atom stereocenters. The van der Waals surface area contributed by atoms with Gasteiger partial charge in [-0.15, -0.1) is 0 Å². The van der Waals surface area contributed by atoms with Gasteiger partial charge in [0.15, 0.2) is 0 Å². The van der Waals surface area contributed by atoms with Crippen LogP contribution in [0.5, 0.6) is 0 Å². The van der Waals surface area contributed by atoms with Crippen LogP contribution in [0.3, 0.4) is 0 Å². The molecule has 1 nitrogen and oxygen atoms in total. The zero-order chi connectivity index (χ0) is 28.8. The number of hydrogen-bond donors (Lipinski definition) is 0. The van der Waals surface area contributed by atoms with E-state index in [-0.39, 0.29) is 0 Å². The van der Waals surface area contributed by atoms with Crippen LogP contribution >= 0.6 is 0 Å². The van der Waals surface area contributed by atoms with E-state index in [4.69, 9.17) is 0 Å². The first-order valence-electron chi connectivity index (χ1n) is 14.8. The lowest BCUT2D eigenvalue weighted by Crippen LogP contribution is -1.92. The van der Waals surface area contributed by atoms with Crippen molar-refractivity contribution in [3.05, 3.63) is 164 Å². The predicted octanol–water partition coefficient (Wildman–Crippen LogP) is 11.5. The predicted molar refractivity (Wildman–Crippen MR) is 183 cm³/mol. The molecule has 0 aliphatic rings. The van der Waals surface area contributed by atoms with Crippen molar-refractivity contribution in [3.63, 3.8) is 0 Å². The SMILES string of the molecule is Cc1ccc(-c2c3ccccc3c(-c3ccc4ccccc4c3)c3ccccc23)cc1-c1cccc(-c2cccnc2)c1. The lowest BCUT2D eigenvalue weighted by atomic mass is 9.84. The average Bonchev–Trinajstić information content (AvgIpc) is 3.08. The van der Waals surface area contributed by atoms with E-state index in [0.717, 1.165) is 5.56 Å². The molecule has 0 saturated carbocycles. The maximum Gasteiger partial charge on any atom is 0.0346 e. The summed E-state index contributed by atoms with van der Waals surface area (Å²) >= 11 is 0. The van der Waals surface area contributed by atoms with Crippen molar-refractivity contribution >= 4 is 32.3 Å². The van der Waals surface area contributed by atoms with Gasteiger partial charge in [-0.05, 0) is 108 Å². The van der Waals surface area contributed by atoms with E-state index < -0.39 is 0 Å². The number of hydrogen-bond acceptors (Lipinski definition) is 1. The van der Waals surface area contributed by atoms with Crippen LogP contribution in [0.2, 0.25) is 0 Å².